The van der Waals surface area contributed by atoms with E-state index in [4.69, 9.17) is 24.4 Å². The van der Waals surface area contributed by atoms with E-state index < -0.39 is 0 Å². The third-order valence-electron chi connectivity index (χ3n) is 1.70. The maximum atomic E-state index is 5.04. The second-order valence-corrected chi connectivity index (χ2v) is 4.82. The average molecular weight is 252 g/mol. The molecule has 0 aliphatic carbocycles. The van der Waals surface area contributed by atoms with E-state index >= 15 is 0 Å². The molecular weight excluding hydrogens is 244 g/mol. The second kappa shape index (κ2) is 4.74. The average Bonchev–Trinajstić information content (AvgIpc) is 2.17. The van der Waals surface area contributed by atoms with Crippen LogP contribution in [0.4, 0.5) is 0 Å². The first-order valence-electron chi connectivity index (χ1n) is 4.30. The van der Waals surface area contributed by atoms with Crippen LogP contribution in [0.15, 0.2) is 46.5 Å². The van der Waals surface area contributed by atoms with Gasteiger partial charge >= 0.3 is 0 Å². The molecule has 2 aromatic rings. The molecule has 0 spiro atoms. The highest BCUT2D eigenvalue weighted by atomic mass is 32.2. The summed E-state index contributed by atoms with van der Waals surface area (Å²) in [5.41, 5.74) is 0. The summed E-state index contributed by atoms with van der Waals surface area (Å²) in [4.78, 5) is 6.20. The van der Waals surface area contributed by atoms with Crippen LogP contribution < -0.4 is 0 Å². The highest BCUT2D eigenvalue weighted by molar-refractivity contribution is 7.99. The molecule has 76 valence electrons. The van der Waals surface area contributed by atoms with Crippen LogP contribution in [0.25, 0.3) is 0 Å². The molecule has 0 unspecified atom stereocenters. The first kappa shape index (κ1) is 10.6. The first-order valence-corrected chi connectivity index (χ1v) is 5.94. The van der Waals surface area contributed by atoms with Gasteiger partial charge in [0, 0.05) is 0 Å². The normalized spacial score (nSPS) is 10.1. The fraction of sp³-hybridized carbons (Fsp3) is 0. The monoisotopic (exact) mass is 252 g/mol. The van der Waals surface area contributed by atoms with Crippen LogP contribution in [0.1, 0.15) is 0 Å². The molecule has 0 fully saturated rings. The van der Waals surface area contributed by atoms with Crippen LogP contribution in [0.2, 0.25) is 0 Å². The van der Waals surface area contributed by atoms with Crippen molar-refractivity contribution in [3.63, 3.8) is 0 Å². The summed E-state index contributed by atoms with van der Waals surface area (Å²) < 4.78 is 1.46. The van der Waals surface area contributed by atoms with Crippen molar-refractivity contribution in [1.29, 1.82) is 0 Å². The minimum Gasteiger partial charge on any atom is -0.341 e. The van der Waals surface area contributed by atoms with E-state index in [0.29, 0.717) is 0 Å². The molecule has 5 heteroatoms. The van der Waals surface area contributed by atoms with Gasteiger partial charge in [-0.3, -0.25) is 0 Å². The number of pyridine rings is 2. The molecule has 0 saturated carbocycles. The van der Waals surface area contributed by atoms with Crippen LogP contribution in [0, 0.1) is 9.28 Å². The Morgan fingerprint density at radius 1 is 0.800 bits per heavy atom. The van der Waals surface area contributed by atoms with Gasteiger partial charge in [-0.05, 0) is 24.3 Å². The summed E-state index contributed by atoms with van der Waals surface area (Å²) in [7, 11) is 0. The molecule has 0 aliphatic heterocycles. The first-order chi connectivity index (χ1) is 7.24. The SMILES string of the molecule is S=c1cccc(Sc2cccc(=S)[nH]2)[nH]1. The number of H-pyrrole nitrogens is 2. The largest absolute Gasteiger partial charge is 0.341 e. The molecular formula is C10H8N2S3. The summed E-state index contributed by atoms with van der Waals surface area (Å²) in [6.07, 6.45) is 0. The van der Waals surface area contributed by atoms with Gasteiger partial charge in [0.2, 0.25) is 0 Å². The van der Waals surface area contributed by atoms with Crippen molar-refractivity contribution < 1.29 is 0 Å². The van der Waals surface area contributed by atoms with Crippen LogP contribution in [-0.2, 0) is 0 Å². The molecule has 0 saturated heterocycles. The second-order valence-electron chi connectivity index (χ2n) is 2.86. The minimum absolute atomic E-state index is 0.731. The third-order valence-corrected chi connectivity index (χ3v) is 3.10. The third kappa shape index (κ3) is 3.02. The van der Waals surface area contributed by atoms with Crippen molar-refractivity contribution in [3.8, 4) is 0 Å². The summed E-state index contributed by atoms with van der Waals surface area (Å²) in [6.45, 7) is 0. The van der Waals surface area contributed by atoms with E-state index in [1.54, 1.807) is 11.8 Å². The van der Waals surface area contributed by atoms with Crippen molar-refractivity contribution in [2.45, 2.75) is 10.1 Å². The lowest BCUT2D eigenvalue weighted by atomic mass is 10.5. The summed E-state index contributed by atoms with van der Waals surface area (Å²) in [5, 5.41) is 2.00. The highest BCUT2D eigenvalue weighted by Gasteiger charge is 1.96. The smallest absolute Gasteiger partial charge is 0.104 e. The molecule has 0 amide bonds. The lowest BCUT2D eigenvalue weighted by Gasteiger charge is -2.00. The number of aromatic nitrogens is 2. The van der Waals surface area contributed by atoms with E-state index in [2.05, 4.69) is 9.97 Å². The predicted octanol–water partition coefficient (Wildman–Crippen LogP) is 3.95. The van der Waals surface area contributed by atoms with E-state index in [-0.39, 0.29) is 0 Å². The molecule has 0 aliphatic rings. The fourth-order valence-corrected chi connectivity index (χ4v) is 2.45. The number of hydrogen-bond donors (Lipinski definition) is 2. The number of hydrogen-bond acceptors (Lipinski definition) is 3. The van der Waals surface area contributed by atoms with E-state index in [1.807, 2.05) is 36.4 Å². The summed E-state index contributed by atoms with van der Waals surface area (Å²) in [6, 6.07) is 11.5. The van der Waals surface area contributed by atoms with E-state index in [0.717, 1.165) is 19.3 Å². The number of aromatic amines is 2. The van der Waals surface area contributed by atoms with Crippen LogP contribution >= 0.6 is 36.2 Å². The predicted molar refractivity (Wildman–Crippen MR) is 67.4 cm³/mol. The molecule has 0 radical (unpaired) electrons. The lowest BCUT2D eigenvalue weighted by molar-refractivity contribution is 1.08. The molecule has 2 N–H and O–H groups in total. The standard InChI is InChI=1S/C10H8N2S3/c13-7-3-1-5-9(11-7)15-10-6-2-4-8(14)12-10/h1-6H,(H,11,13)(H,12,14). The zero-order valence-electron chi connectivity index (χ0n) is 7.69. The van der Waals surface area contributed by atoms with Crippen molar-refractivity contribution in [2.24, 2.45) is 0 Å². The van der Waals surface area contributed by atoms with E-state index in [9.17, 15) is 0 Å². The Kier molecular flexibility index (Phi) is 3.35. The Labute approximate surface area is 102 Å². The van der Waals surface area contributed by atoms with Gasteiger partial charge in [-0.15, -0.1) is 0 Å². The van der Waals surface area contributed by atoms with Gasteiger partial charge in [0.25, 0.3) is 0 Å². The number of rotatable bonds is 2. The van der Waals surface area contributed by atoms with Crippen molar-refractivity contribution in [2.75, 3.05) is 0 Å². The zero-order chi connectivity index (χ0) is 10.7. The molecule has 2 heterocycles. The van der Waals surface area contributed by atoms with Crippen LogP contribution in [0.3, 0.4) is 0 Å². The van der Waals surface area contributed by atoms with Gasteiger partial charge in [-0.25, -0.2) is 0 Å². The topological polar surface area (TPSA) is 31.6 Å². The maximum absolute atomic E-state index is 5.04. The lowest BCUT2D eigenvalue weighted by Crippen LogP contribution is -1.82. The Morgan fingerprint density at radius 3 is 1.67 bits per heavy atom. The minimum atomic E-state index is 0.731. The van der Waals surface area contributed by atoms with E-state index in [1.165, 1.54) is 0 Å². The van der Waals surface area contributed by atoms with Crippen LogP contribution in [-0.4, -0.2) is 9.97 Å². The molecule has 2 aromatic heterocycles. The molecule has 2 nitrogen and oxygen atoms in total. The van der Waals surface area contributed by atoms with Gasteiger partial charge in [-0.2, -0.15) is 0 Å². The van der Waals surface area contributed by atoms with Crippen molar-refractivity contribution in [1.82, 2.24) is 9.97 Å². The van der Waals surface area contributed by atoms with Gasteiger partial charge in [0.05, 0.1) is 10.1 Å². The molecule has 0 atom stereocenters. The highest BCUT2D eigenvalue weighted by Crippen LogP contribution is 2.23. The Balaban J connectivity index is 2.29. The summed E-state index contributed by atoms with van der Waals surface area (Å²) in [5.74, 6) is 0. The Hall–Kier alpha value is -0.910. The molecule has 15 heavy (non-hydrogen) atoms. The van der Waals surface area contributed by atoms with Gasteiger partial charge in [0.1, 0.15) is 9.28 Å². The fourth-order valence-electron chi connectivity index (χ4n) is 1.09. The molecule has 0 aromatic carbocycles. The molecule has 2 rings (SSSR count). The van der Waals surface area contributed by atoms with Gasteiger partial charge in [-0.1, -0.05) is 48.3 Å². The Bertz CT molecular complexity index is 519. The van der Waals surface area contributed by atoms with Crippen molar-refractivity contribution in [3.05, 3.63) is 45.7 Å². The zero-order valence-corrected chi connectivity index (χ0v) is 10.1. The van der Waals surface area contributed by atoms with Gasteiger partial charge < -0.3 is 9.97 Å². The summed E-state index contributed by atoms with van der Waals surface area (Å²) >= 11 is 11.7. The number of nitrogens with one attached hydrogen (secondary N) is 2. The van der Waals surface area contributed by atoms with Gasteiger partial charge in [0.15, 0.2) is 0 Å². The maximum Gasteiger partial charge on any atom is 0.104 e. The quantitative estimate of drug-likeness (QED) is 0.794. The van der Waals surface area contributed by atoms with Crippen molar-refractivity contribution >= 4 is 36.2 Å². The Morgan fingerprint density at radius 2 is 1.27 bits per heavy atom. The van der Waals surface area contributed by atoms with Crippen LogP contribution in [0.5, 0.6) is 0 Å². The molecule has 0 bridgehead atoms.